The van der Waals surface area contributed by atoms with Crippen molar-refractivity contribution in [3.05, 3.63) is 99.9 Å². The van der Waals surface area contributed by atoms with Gasteiger partial charge in [0.15, 0.2) is 0 Å². The second-order valence-electron chi connectivity index (χ2n) is 9.71. The van der Waals surface area contributed by atoms with Gasteiger partial charge in [-0.15, -0.1) is 5.10 Å². The van der Waals surface area contributed by atoms with Crippen LogP contribution in [0.5, 0.6) is 0 Å². The fourth-order valence-corrected chi connectivity index (χ4v) is 5.10. The number of rotatable bonds is 7. The van der Waals surface area contributed by atoms with Gasteiger partial charge in [0, 0.05) is 34.6 Å². The van der Waals surface area contributed by atoms with E-state index in [2.05, 4.69) is 42.0 Å². The van der Waals surface area contributed by atoms with Crippen LogP contribution in [0, 0.1) is 17.1 Å². The molecule has 0 aliphatic rings. The molecule has 204 valence electrons. The zero-order chi connectivity index (χ0) is 28.7. The number of aromatic amines is 1. The molecule has 1 atom stereocenters. The molecule has 0 fully saturated rings. The first kappa shape index (κ1) is 26.5. The predicted molar refractivity (Wildman–Crippen MR) is 158 cm³/mol. The number of nitriles is 1. The van der Waals surface area contributed by atoms with Crippen LogP contribution < -0.4 is 10.6 Å². The Kier molecular flexibility index (Phi) is 6.91. The van der Waals surface area contributed by atoms with Crippen molar-refractivity contribution in [2.75, 3.05) is 10.6 Å². The highest BCUT2D eigenvalue weighted by Gasteiger charge is 2.23. The summed E-state index contributed by atoms with van der Waals surface area (Å²) in [7, 11) is 0. The lowest BCUT2D eigenvalue weighted by Gasteiger charge is -2.20. The molecule has 0 spiro atoms. The highest BCUT2D eigenvalue weighted by molar-refractivity contribution is 6.36. The molecule has 3 aromatic carbocycles. The van der Waals surface area contributed by atoms with E-state index in [0.717, 1.165) is 16.6 Å². The summed E-state index contributed by atoms with van der Waals surface area (Å²) < 4.78 is 15.6. The molecule has 9 nitrogen and oxygen atoms in total. The molecule has 0 amide bonds. The third-order valence-corrected chi connectivity index (χ3v) is 7.27. The Labute approximate surface area is 243 Å². The molecular weight excluding hydrogens is 564 g/mol. The van der Waals surface area contributed by atoms with Crippen molar-refractivity contribution in [1.29, 1.82) is 5.26 Å². The summed E-state index contributed by atoms with van der Waals surface area (Å²) in [6, 6.07) is 15.6. The van der Waals surface area contributed by atoms with E-state index in [0.29, 0.717) is 38.7 Å². The van der Waals surface area contributed by atoms with Gasteiger partial charge in [0.1, 0.15) is 17.6 Å². The van der Waals surface area contributed by atoms with Crippen molar-refractivity contribution < 1.29 is 4.39 Å². The number of halogens is 3. The van der Waals surface area contributed by atoms with Crippen LogP contribution in [0.3, 0.4) is 0 Å². The summed E-state index contributed by atoms with van der Waals surface area (Å²) in [5, 5.41) is 26.3. The molecule has 3 N–H and O–H groups in total. The number of nitrogens with zero attached hydrogens (tertiary/aromatic N) is 6. The fourth-order valence-electron chi connectivity index (χ4n) is 4.65. The summed E-state index contributed by atoms with van der Waals surface area (Å²) >= 11 is 12.8. The van der Waals surface area contributed by atoms with Crippen molar-refractivity contribution in [3.8, 4) is 6.07 Å². The minimum absolute atomic E-state index is 0.0444. The number of anilines is 3. The number of fused-ring (bicyclic) bond motifs is 2. The van der Waals surface area contributed by atoms with Crippen molar-refractivity contribution in [2.45, 2.75) is 25.9 Å². The van der Waals surface area contributed by atoms with Crippen LogP contribution in [-0.4, -0.2) is 29.9 Å². The van der Waals surface area contributed by atoms with E-state index >= 15 is 0 Å². The molecule has 3 aromatic heterocycles. The number of imidazole rings is 1. The Morgan fingerprint density at radius 3 is 2.61 bits per heavy atom. The van der Waals surface area contributed by atoms with Crippen LogP contribution in [0.25, 0.3) is 21.9 Å². The largest absolute Gasteiger partial charge is 0.373 e. The standard InChI is InChI=1S/C29H22Cl2FN9/c1-15(2)41-13-25(39-40-41)29(19-4-3-5-24-28(19)36-14-35-24)38-18-8-20-26(37-17-6-7-23(32)21(30)9-17)16(11-33)12-34-27(20)22(31)10-18/h3-10,12-15,29,38H,1-2H3,(H,34,37)(H,35,36). The minimum Gasteiger partial charge on any atom is -0.373 e. The first-order valence-electron chi connectivity index (χ1n) is 12.7. The monoisotopic (exact) mass is 585 g/mol. The molecule has 0 radical (unpaired) electrons. The van der Waals surface area contributed by atoms with Crippen LogP contribution in [0.4, 0.5) is 21.5 Å². The Morgan fingerprint density at radius 1 is 1.02 bits per heavy atom. The maximum Gasteiger partial charge on any atom is 0.141 e. The smallest absolute Gasteiger partial charge is 0.141 e. The first-order chi connectivity index (χ1) is 19.8. The number of hydrogen-bond acceptors (Lipinski definition) is 7. The Hall–Kier alpha value is -4.72. The molecular formula is C29H22Cl2FN9. The number of aromatic nitrogens is 6. The third-order valence-electron chi connectivity index (χ3n) is 6.69. The van der Waals surface area contributed by atoms with Gasteiger partial charge in [-0.2, -0.15) is 5.26 Å². The highest BCUT2D eigenvalue weighted by atomic mass is 35.5. The highest BCUT2D eigenvalue weighted by Crippen LogP contribution is 2.38. The Bertz CT molecular complexity index is 1960. The van der Waals surface area contributed by atoms with Gasteiger partial charge in [0.25, 0.3) is 0 Å². The van der Waals surface area contributed by atoms with E-state index < -0.39 is 11.9 Å². The lowest BCUT2D eigenvalue weighted by molar-refractivity contribution is 0.514. The first-order valence-corrected chi connectivity index (χ1v) is 13.4. The lowest BCUT2D eigenvalue weighted by atomic mass is 10.0. The normalized spacial score (nSPS) is 12.1. The van der Waals surface area contributed by atoms with Crippen molar-refractivity contribution in [3.63, 3.8) is 0 Å². The van der Waals surface area contributed by atoms with E-state index in [1.165, 1.54) is 24.4 Å². The van der Waals surface area contributed by atoms with Gasteiger partial charge in [-0.05, 0) is 50.2 Å². The quantitative estimate of drug-likeness (QED) is 0.177. The van der Waals surface area contributed by atoms with Crippen molar-refractivity contribution in [2.24, 2.45) is 0 Å². The topological polar surface area (TPSA) is 120 Å². The van der Waals surface area contributed by atoms with E-state index in [1.807, 2.05) is 44.3 Å². The van der Waals surface area contributed by atoms with E-state index in [-0.39, 0.29) is 16.6 Å². The average Bonchev–Trinajstić information content (AvgIpc) is 3.64. The van der Waals surface area contributed by atoms with Gasteiger partial charge >= 0.3 is 0 Å². The molecule has 1 unspecified atom stereocenters. The summed E-state index contributed by atoms with van der Waals surface area (Å²) in [4.78, 5) is 12.1. The molecule has 12 heteroatoms. The van der Waals surface area contributed by atoms with Crippen LogP contribution in [-0.2, 0) is 0 Å². The van der Waals surface area contributed by atoms with Gasteiger partial charge in [-0.25, -0.2) is 14.1 Å². The van der Waals surface area contributed by atoms with E-state index in [9.17, 15) is 9.65 Å². The molecule has 0 aliphatic heterocycles. The molecule has 3 heterocycles. The third kappa shape index (κ3) is 5.01. The second kappa shape index (κ2) is 10.7. The lowest BCUT2D eigenvalue weighted by Crippen LogP contribution is -2.14. The summed E-state index contributed by atoms with van der Waals surface area (Å²) in [6.45, 7) is 4.06. The van der Waals surface area contributed by atoms with Crippen molar-refractivity contribution in [1.82, 2.24) is 29.9 Å². The van der Waals surface area contributed by atoms with Gasteiger partial charge in [-0.1, -0.05) is 40.5 Å². The van der Waals surface area contributed by atoms with Crippen molar-refractivity contribution >= 4 is 62.2 Å². The van der Waals surface area contributed by atoms with E-state index in [1.54, 1.807) is 17.1 Å². The van der Waals surface area contributed by atoms with Gasteiger partial charge in [0.05, 0.1) is 56.4 Å². The summed E-state index contributed by atoms with van der Waals surface area (Å²) in [5.41, 5.74) is 5.64. The molecule has 0 saturated heterocycles. The minimum atomic E-state index is -0.542. The number of hydrogen-bond donors (Lipinski definition) is 3. The number of pyridine rings is 1. The van der Waals surface area contributed by atoms with Gasteiger partial charge in [-0.3, -0.25) is 4.98 Å². The molecule has 0 saturated carbocycles. The van der Waals surface area contributed by atoms with E-state index in [4.69, 9.17) is 23.2 Å². The van der Waals surface area contributed by atoms with Crippen LogP contribution in [0.1, 0.15) is 42.8 Å². The zero-order valence-electron chi connectivity index (χ0n) is 21.8. The fraction of sp³-hybridized carbons (Fsp3) is 0.138. The summed E-state index contributed by atoms with van der Waals surface area (Å²) in [5.74, 6) is -0.542. The zero-order valence-corrected chi connectivity index (χ0v) is 23.3. The number of benzene rings is 3. The number of H-pyrrole nitrogens is 1. The van der Waals surface area contributed by atoms with Gasteiger partial charge < -0.3 is 15.6 Å². The molecule has 0 bridgehead atoms. The Balaban J connectivity index is 1.49. The van der Waals surface area contributed by atoms with Crippen LogP contribution >= 0.6 is 23.2 Å². The molecule has 6 rings (SSSR count). The average molecular weight is 586 g/mol. The van der Waals surface area contributed by atoms with Gasteiger partial charge in [0.2, 0.25) is 0 Å². The van der Waals surface area contributed by atoms with Crippen LogP contribution in [0.15, 0.2) is 67.3 Å². The molecule has 6 aromatic rings. The maximum absolute atomic E-state index is 13.8. The summed E-state index contributed by atoms with van der Waals surface area (Å²) in [6.07, 6.45) is 5.00. The maximum atomic E-state index is 13.8. The van der Waals surface area contributed by atoms with Crippen LogP contribution in [0.2, 0.25) is 10.0 Å². The second-order valence-corrected chi connectivity index (χ2v) is 10.5. The SMILES string of the molecule is CC(C)n1cc(C(Nc2cc(Cl)c3ncc(C#N)c(Nc4ccc(F)c(Cl)c4)c3c2)c2cccc3[nH]cnc23)nn1. The Morgan fingerprint density at radius 2 is 1.85 bits per heavy atom. The number of para-hydroxylation sites is 1. The predicted octanol–water partition coefficient (Wildman–Crippen LogP) is 7.55. The molecule has 41 heavy (non-hydrogen) atoms. The number of nitrogens with one attached hydrogen (secondary N) is 3. The molecule has 0 aliphatic carbocycles.